The second-order valence-corrected chi connectivity index (χ2v) is 4.30. The van der Waals surface area contributed by atoms with Gasteiger partial charge < -0.3 is 5.73 Å². The van der Waals surface area contributed by atoms with Gasteiger partial charge >= 0.3 is 0 Å². The number of nitrogens with two attached hydrogens (primary N) is 1. The summed E-state index contributed by atoms with van der Waals surface area (Å²) in [6.07, 6.45) is 4.88. The first kappa shape index (κ1) is 9.72. The summed E-state index contributed by atoms with van der Waals surface area (Å²) in [4.78, 5) is 0. The third-order valence-corrected chi connectivity index (χ3v) is 3.36. The lowest BCUT2D eigenvalue weighted by Gasteiger charge is -2.16. The molecule has 76 valence electrons. The minimum absolute atomic E-state index is 0.391. The topological polar surface area (TPSA) is 26.0 Å². The highest BCUT2D eigenvalue weighted by Crippen LogP contribution is 2.33. The number of rotatable bonds is 2. The van der Waals surface area contributed by atoms with E-state index in [1.165, 1.54) is 30.4 Å². The first-order valence-electron chi connectivity index (χ1n) is 5.65. The first-order chi connectivity index (χ1) is 6.81. The largest absolute Gasteiger partial charge is 0.327 e. The van der Waals surface area contributed by atoms with Crippen molar-refractivity contribution in [1.29, 1.82) is 0 Å². The molecule has 0 saturated heterocycles. The molecule has 0 heterocycles. The van der Waals surface area contributed by atoms with E-state index in [1.807, 2.05) is 0 Å². The minimum Gasteiger partial charge on any atom is -0.327 e. The Morgan fingerprint density at radius 1 is 1.36 bits per heavy atom. The summed E-state index contributed by atoms with van der Waals surface area (Å²) in [5.74, 6) is 0.612. The minimum atomic E-state index is 0.391. The third kappa shape index (κ3) is 1.83. The SMILES string of the molecule is CCc1cccc(C2CCCC2N)c1. The zero-order valence-corrected chi connectivity index (χ0v) is 8.87. The molecule has 14 heavy (non-hydrogen) atoms. The van der Waals surface area contributed by atoms with Crippen LogP contribution in [0, 0.1) is 0 Å². The Balaban J connectivity index is 2.22. The zero-order valence-electron chi connectivity index (χ0n) is 8.87. The van der Waals surface area contributed by atoms with Crippen LogP contribution in [-0.4, -0.2) is 6.04 Å². The highest BCUT2D eigenvalue weighted by molar-refractivity contribution is 5.28. The van der Waals surface area contributed by atoms with Crippen LogP contribution in [0.15, 0.2) is 24.3 Å². The maximum Gasteiger partial charge on any atom is 0.0108 e. The van der Waals surface area contributed by atoms with Gasteiger partial charge in [-0.3, -0.25) is 0 Å². The Bertz CT molecular complexity index is 306. The fourth-order valence-corrected chi connectivity index (χ4v) is 2.45. The van der Waals surface area contributed by atoms with E-state index in [-0.39, 0.29) is 0 Å². The molecule has 0 aromatic heterocycles. The van der Waals surface area contributed by atoms with Gasteiger partial charge in [-0.05, 0) is 36.3 Å². The molecule has 0 aliphatic heterocycles. The van der Waals surface area contributed by atoms with Crippen molar-refractivity contribution in [2.45, 2.75) is 44.6 Å². The highest BCUT2D eigenvalue weighted by atomic mass is 14.7. The number of hydrogen-bond acceptors (Lipinski definition) is 1. The second-order valence-electron chi connectivity index (χ2n) is 4.30. The Morgan fingerprint density at radius 3 is 2.86 bits per heavy atom. The molecule has 2 atom stereocenters. The Morgan fingerprint density at radius 2 is 2.21 bits per heavy atom. The van der Waals surface area contributed by atoms with Crippen molar-refractivity contribution in [3.8, 4) is 0 Å². The molecule has 2 unspecified atom stereocenters. The molecule has 1 aromatic carbocycles. The van der Waals surface area contributed by atoms with Gasteiger partial charge in [-0.15, -0.1) is 0 Å². The van der Waals surface area contributed by atoms with E-state index in [0.29, 0.717) is 12.0 Å². The van der Waals surface area contributed by atoms with Gasteiger partial charge in [-0.25, -0.2) is 0 Å². The second kappa shape index (κ2) is 4.14. The van der Waals surface area contributed by atoms with Gasteiger partial charge in [-0.1, -0.05) is 37.6 Å². The van der Waals surface area contributed by atoms with Gasteiger partial charge in [0.2, 0.25) is 0 Å². The summed E-state index contributed by atoms with van der Waals surface area (Å²) in [5, 5.41) is 0. The zero-order chi connectivity index (χ0) is 9.97. The molecule has 0 spiro atoms. The predicted octanol–water partition coefficient (Wildman–Crippen LogP) is 2.84. The highest BCUT2D eigenvalue weighted by Gasteiger charge is 2.25. The van der Waals surface area contributed by atoms with Crippen LogP contribution in [0.25, 0.3) is 0 Å². The molecule has 2 N–H and O–H groups in total. The summed E-state index contributed by atoms with van der Waals surface area (Å²) in [5.41, 5.74) is 8.99. The average Bonchev–Trinajstić information content (AvgIpc) is 2.65. The lowest BCUT2D eigenvalue weighted by atomic mass is 9.93. The summed E-state index contributed by atoms with van der Waals surface area (Å²) < 4.78 is 0. The van der Waals surface area contributed by atoms with E-state index < -0.39 is 0 Å². The van der Waals surface area contributed by atoms with Crippen molar-refractivity contribution in [2.75, 3.05) is 0 Å². The number of benzene rings is 1. The quantitative estimate of drug-likeness (QED) is 0.760. The smallest absolute Gasteiger partial charge is 0.0108 e. The van der Waals surface area contributed by atoms with Crippen molar-refractivity contribution in [1.82, 2.24) is 0 Å². The molecule has 1 aliphatic rings. The predicted molar refractivity (Wildman–Crippen MR) is 60.4 cm³/mol. The van der Waals surface area contributed by atoms with E-state index in [0.717, 1.165) is 6.42 Å². The molecule has 1 fully saturated rings. The van der Waals surface area contributed by atoms with Gasteiger partial charge in [0.25, 0.3) is 0 Å². The van der Waals surface area contributed by atoms with Crippen molar-refractivity contribution in [3.05, 3.63) is 35.4 Å². The third-order valence-electron chi connectivity index (χ3n) is 3.36. The van der Waals surface area contributed by atoms with Gasteiger partial charge in [0, 0.05) is 6.04 Å². The Labute approximate surface area is 86.3 Å². The Kier molecular flexibility index (Phi) is 2.87. The normalized spacial score (nSPS) is 26.7. The van der Waals surface area contributed by atoms with Crippen LogP contribution < -0.4 is 5.73 Å². The molecular formula is C13H19N. The molecule has 1 aromatic rings. The lowest BCUT2D eigenvalue weighted by Crippen LogP contribution is -2.22. The fourth-order valence-electron chi connectivity index (χ4n) is 2.45. The monoisotopic (exact) mass is 189 g/mol. The van der Waals surface area contributed by atoms with Crippen LogP contribution in [0.4, 0.5) is 0 Å². The summed E-state index contributed by atoms with van der Waals surface area (Å²) >= 11 is 0. The maximum absolute atomic E-state index is 6.10. The van der Waals surface area contributed by atoms with Crippen LogP contribution in [-0.2, 0) is 6.42 Å². The molecule has 0 amide bonds. The van der Waals surface area contributed by atoms with Crippen molar-refractivity contribution in [3.63, 3.8) is 0 Å². The fraction of sp³-hybridized carbons (Fsp3) is 0.538. The number of aryl methyl sites for hydroxylation is 1. The van der Waals surface area contributed by atoms with Gasteiger partial charge in [0.05, 0.1) is 0 Å². The van der Waals surface area contributed by atoms with Crippen LogP contribution in [0.2, 0.25) is 0 Å². The standard InChI is InChI=1S/C13H19N/c1-2-10-5-3-6-11(9-10)12-7-4-8-13(12)14/h3,5-6,9,12-13H,2,4,7-8,14H2,1H3. The number of hydrogen-bond donors (Lipinski definition) is 1. The van der Waals surface area contributed by atoms with Crippen molar-refractivity contribution >= 4 is 0 Å². The summed E-state index contributed by atoms with van der Waals surface area (Å²) in [6.45, 7) is 2.20. The van der Waals surface area contributed by atoms with Gasteiger partial charge in [0.15, 0.2) is 0 Å². The van der Waals surface area contributed by atoms with E-state index in [2.05, 4.69) is 31.2 Å². The maximum atomic E-state index is 6.10. The van der Waals surface area contributed by atoms with Crippen LogP contribution >= 0.6 is 0 Å². The van der Waals surface area contributed by atoms with E-state index in [4.69, 9.17) is 5.73 Å². The van der Waals surface area contributed by atoms with Gasteiger partial charge in [-0.2, -0.15) is 0 Å². The van der Waals surface area contributed by atoms with E-state index in [1.54, 1.807) is 0 Å². The molecule has 0 bridgehead atoms. The average molecular weight is 189 g/mol. The van der Waals surface area contributed by atoms with Crippen molar-refractivity contribution < 1.29 is 0 Å². The van der Waals surface area contributed by atoms with Crippen LogP contribution in [0.5, 0.6) is 0 Å². The van der Waals surface area contributed by atoms with Crippen LogP contribution in [0.3, 0.4) is 0 Å². The lowest BCUT2D eigenvalue weighted by molar-refractivity contribution is 0.612. The molecule has 1 aliphatic carbocycles. The molecular weight excluding hydrogens is 170 g/mol. The molecule has 1 saturated carbocycles. The molecule has 1 heteroatoms. The van der Waals surface area contributed by atoms with E-state index in [9.17, 15) is 0 Å². The van der Waals surface area contributed by atoms with E-state index >= 15 is 0 Å². The summed E-state index contributed by atoms with van der Waals surface area (Å²) in [7, 11) is 0. The molecule has 0 radical (unpaired) electrons. The van der Waals surface area contributed by atoms with Crippen molar-refractivity contribution in [2.24, 2.45) is 5.73 Å². The van der Waals surface area contributed by atoms with Gasteiger partial charge in [0.1, 0.15) is 0 Å². The van der Waals surface area contributed by atoms with Crippen LogP contribution in [0.1, 0.15) is 43.2 Å². The molecule has 1 nitrogen and oxygen atoms in total. The summed E-state index contributed by atoms with van der Waals surface area (Å²) in [6, 6.07) is 9.32. The molecule has 2 rings (SSSR count). The first-order valence-corrected chi connectivity index (χ1v) is 5.65. The Hall–Kier alpha value is -0.820.